The number of phenolic OH excluding ortho intramolecular Hbond substituents is 1. The van der Waals surface area contributed by atoms with Gasteiger partial charge >= 0.3 is 5.97 Å². The molecule has 0 aliphatic carbocycles. The van der Waals surface area contributed by atoms with Crippen LogP contribution in [0, 0.1) is 0 Å². The second-order valence-corrected chi connectivity index (χ2v) is 8.68. The predicted molar refractivity (Wildman–Crippen MR) is 133 cm³/mol. The molecule has 1 aliphatic rings. The van der Waals surface area contributed by atoms with Gasteiger partial charge in [0.05, 0.1) is 36.1 Å². The van der Waals surface area contributed by atoms with Gasteiger partial charge < -0.3 is 19.3 Å². The normalized spacial score (nSPS) is 15.4. The molecular weight excluding hydrogens is 468 g/mol. The number of rotatable bonds is 7. The number of hydrogen-bond donors (Lipinski definition) is 1. The summed E-state index contributed by atoms with van der Waals surface area (Å²) >= 11 is 1.18. The number of carbonyl (C=O) groups excluding carboxylic acids is 1. The number of hydrogen-bond acceptors (Lipinski definition) is 8. The topological polar surface area (TPSA) is 99.4 Å². The van der Waals surface area contributed by atoms with Crippen LogP contribution in [0.3, 0.4) is 0 Å². The fraction of sp³-hybridized carbons (Fsp3) is 0.269. The van der Waals surface area contributed by atoms with Gasteiger partial charge in [-0.15, -0.1) is 0 Å². The average molecular weight is 495 g/mol. The van der Waals surface area contributed by atoms with Crippen LogP contribution in [0.2, 0.25) is 0 Å². The number of methoxy groups -OCH3 is 1. The highest BCUT2D eigenvalue weighted by Gasteiger charge is 2.35. The molecule has 1 atom stereocenters. The zero-order chi connectivity index (χ0) is 25.1. The highest BCUT2D eigenvalue weighted by Crippen LogP contribution is 2.40. The molecule has 4 rings (SSSR count). The fourth-order valence-electron chi connectivity index (χ4n) is 4.04. The van der Waals surface area contributed by atoms with Crippen molar-refractivity contribution in [2.45, 2.75) is 26.8 Å². The van der Waals surface area contributed by atoms with Crippen LogP contribution in [-0.4, -0.2) is 36.0 Å². The Morgan fingerprint density at radius 1 is 1.17 bits per heavy atom. The summed E-state index contributed by atoms with van der Waals surface area (Å²) in [5, 5.41) is 10.2. The number of ether oxygens (including phenoxy) is 3. The van der Waals surface area contributed by atoms with Gasteiger partial charge in [0.2, 0.25) is 0 Å². The monoisotopic (exact) mass is 494 g/mol. The maximum absolute atomic E-state index is 13.7. The lowest BCUT2D eigenvalue weighted by Crippen LogP contribution is -2.40. The minimum Gasteiger partial charge on any atom is -0.507 e. The van der Waals surface area contributed by atoms with E-state index in [0.29, 0.717) is 44.3 Å². The Morgan fingerprint density at radius 2 is 1.94 bits per heavy atom. The lowest BCUT2D eigenvalue weighted by molar-refractivity contribution is -0.139. The van der Waals surface area contributed by atoms with Crippen LogP contribution in [0.25, 0.3) is 6.08 Å². The summed E-state index contributed by atoms with van der Waals surface area (Å²) < 4.78 is 18.6. The van der Waals surface area contributed by atoms with Crippen LogP contribution >= 0.6 is 11.3 Å². The van der Waals surface area contributed by atoms with Gasteiger partial charge in [-0.05, 0) is 39.0 Å². The van der Waals surface area contributed by atoms with E-state index >= 15 is 0 Å². The molecule has 0 fully saturated rings. The molecule has 9 heteroatoms. The van der Waals surface area contributed by atoms with Crippen LogP contribution in [0.5, 0.6) is 17.2 Å². The quantitative estimate of drug-likeness (QED) is 0.507. The Kier molecular flexibility index (Phi) is 7.07. The number of carbonyl (C=O) groups is 1. The summed E-state index contributed by atoms with van der Waals surface area (Å²) in [6.07, 6.45) is 1.62. The Morgan fingerprint density at radius 3 is 2.63 bits per heavy atom. The summed E-state index contributed by atoms with van der Waals surface area (Å²) in [6, 6.07) is 11.3. The van der Waals surface area contributed by atoms with E-state index in [1.54, 1.807) is 62.4 Å². The van der Waals surface area contributed by atoms with Crippen molar-refractivity contribution in [1.82, 2.24) is 4.57 Å². The van der Waals surface area contributed by atoms with Gasteiger partial charge in [-0.25, -0.2) is 9.79 Å². The van der Waals surface area contributed by atoms with Crippen molar-refractivity contribution in [2.75, 3.05) is 20.3 Å². The molecule has 0 saturated heterocycles. The lowest BCUT2D eigenvalue weighted by Gasteiger charge is -2.26. The van der Waals surface area contributed by atoms with Crippen molar-refractivity contribution >= 4 is 23.4 Å². The van der Waals surface area contributed by atoms with Gasteiger partial charge in [-0.3, -0.25) is 9.36 Å². The standard InChI is InChI=1S/C26H26N2O6S/c1-5-33-23-17(11-9-13-19(23)32-4)22-21(25(31)34-6-2)15(3)27-26-28(22)24(30)20(35-26)14-16-10-7-8-12-18(16)29/h7-14,22,29H,5-6H2,1-4H3/b20-14+/t22-/m1/s1. The van der Waals surface area contributed by atoms with Crippen LogP contribution in [-0.2, 0) is 9.53 Å². The number of fused-ring (bicyclic) bond motifs is 1. The molecule has 0 amide bonds. The van der Waals surface area contributed by atoms with E-state index in [0.717, 1.165) is 0 Å². The number of phenols is 1. The first-order valence-corrected chi connectivity index (χ1v) is 12.0. The zero-order valence-electron chi connectivity index (χ0n) is 19.9. The largest absolute Gasteiger partial charge is 0.507 e. The third-order valence-corrected chi connectivity index (χ3v) is 6.54. The lowest BCUT2D eigenvalue weighted by atomic mass is 9.94. The molecule has 0 unspecified atom stereocenters. The molecule has 182 valence electrons. The molecule has 2 aromatic carbocycles. The second-order valence-electron chi connectivity index (χ2n) is 7.67. The van der Waals surface area contributed by atoms with Crippen molar-refractivity contribution in [1.29, 1.82) is 0 Å². The van der Waals surface area contributed by atoms with Crippen LogP contribution in [0.1, 0.15) is 37.9 Å². The van der Waals surface area contributed by atoms with Crippen molar-refractivity contribution in [2.24, 2.45) is 4.99 Å². The van der Waals surface area contributed by atoms with E-state index in [-0.39, 0.29) is 23.5 Å². The van der Waals surface area contributed by atoms with Crippen molar-refractivity contribution in [3.63, 3.8) is 0 Å². The summed E-state index contributed by atoms with van der Waals surface area (Å²) in [7, 11) is 1.53. The number of thiazole rings is 1. The maximum atomic E-state index is 13.7. The Bertz CT molecular complexity index is 1480. The predicted octanol–water partition coefficient (Wildman–Crippen LogP) is 2.91. The van der Waals surface area contributed by atoms with E-state index in [2.05, 4.69) is 4.99 Å². The number of esters is 1. The fourth-order valence-corrected chi connectivity index (χ4v) is 5.08. The highest BCUT2D eigenvalue weighted by atomic mass is 32.1. The third kappa shape index (κ3) is 4.46. The molecule has 0 saturated carbocycles. The highest BCUT2D eigenvalue weighted by molar-refractivity contribution is 7.07. The molecule has 0 radical (unpaired) electrons. The van der Waals surface area contributed by atoms with Gasteiger partial charge in [0, 0.05) is 11.1 Å². The SMILES string of the molecule is CCOC(=O)C1=C(C)N=c2s/c(=C/c3ccccc3O)c(=O)n2[C@@H]1c1cccc(OC)c1OCC. The second kappa shape index (κ2) is 10.2. The van der Waals surface area contributed by atoms with Gasteiger partial charge in [-0.1, -0.05) is 41.7 Å². The molecule has 8 nitrogen and oxygen atoms in total. The summed E-state index contributed by atoms with van der Waals surface area (Å²) in [4.78, 5) is 31.8. The molecule has 2 heterocycles. The molecule has 0 spiro atoms. The van der Waals surface area contributed by atoms with Crippen LogP contribution < -0.4 is 24.4 Å². The number of nitrogens with zero attached hydrogens (tertiary/aromatic N) is 2. The summed E-state index contributed by atoms with van der Waals surface area (Å²) in [6.45, 7) is 5.83. The third-order valence-electron chi connectivity index (χ3n) is 5.55. The number of para-hydroxylation sites is 2. The first-order valence-electron chi connectivity index (χ1n) is 11.2. The summed E-state index contributed by atoms with van der Waals surface area (Å²) in [5.74, 6) is 0.427. The van der Waals surface area contributed by atoms with E-state index < -0.39 is 12.0 Å². The maximum Gasteiger partial charge on any atom is 0.338 e. The molecule has 1 aromatic heterocycles. The number of aromatic nitrogens is 1. The average Bonchev–Trinajstić information content (AvgIpc) is 3.14. The first-order chi connectivity index (χ1) is 16.9. The van der Waals surface area contributed by atoms with E-state index in [1.807, 2.05) is 6.92 Å². The Hall–Kier alpha value is -3.85. The zero-order valence-corrected chi connectivity index (χ0v) is 20.7. The minimum atomic E-state index is -0.839. The number of allylic oxidation sites excluding steroid dienone is 1. The summed E-state index contributed by atoms with van der Waals surface area (Å²) in [5.41, 5.74) is 1.45. The van der Waals surface area contributed by atoms with Crippen molar-refractivity contribution < 1.29 is 24.1 Å². The van der Waals surface area contributed by atoms with Crippen LogP contribution in [0.4, 0.5) is 0 Å². The minimum absolute atomic E-state index is 0.0599. The number of benzene rings is 2. The van der Waals surface area contributed by atoms with Crippen molar-refractivity contribution in [3.05, 3.63) is 84.5 Å². The molecular formula is C26H26N2O6S. The van der Waals surface area contributed by atoms with Gasteiger partial charge in [0.1, 0.15) is 11.8 Å². The van der Waals surface area contributed by atoms with Crippen molar-refractivity contribution in [3.8, 4) is 17.2 Å². The molecule has 35 heavy (non-hydrogen) atoms. The van der Waals surface area contributed by atoms with E-state index in [4.69, 9.17) is 14.2 Å². The first kappa shape index (κ1) is 24.3. The van der Waals surface area contributed by atoms with E-state index in [1.165, 1.54) is 23.0 Å². The van der Waals surface area contributed by atoms with E-state index in [9.17, 15) is 14.7 Å². The number of aromatic hydroxyl groups is 1. The van der Waals surface area contributed by atoms with Crippen LogP contribution in [0.15, 0.2) is 63.5 Å². The molecule has 1 N–H and O–H groups in total. The van der Waals surface area contributed by atoms with Gasteiger partial charge in [0.15, 0.2) is 16.3 Å². The molecule has 0 bridgehead atoms. The Balaban J connectivity index is 2.04. The molecule has 1 aliphatic heterocycles. The van der Waals surface area contributed by atoms with Gasteiger partial charge in [0.25, 0.3) is 5.56 Å². The molecule has 3 aromatic rings. The smallest absolute Gasteiger partial charge is 0.338 e. The van der Waals surface area contributed by atoms with Gasteiger partial charge in [-0.2, -0.15) is 0 Å². The Labute approximate surface area is 206 Å².